The molecular weight excluding hydrogens is 518 g/mol. The van der Waals surface area contributed by atoms with Crippen LogP contribution >= 0.6 is 11.6 Å². The summed E-state index contributed by atoms with van der Waals surface area (Å²) in [4.78, 5) is 40.2. The second-order valence-corrected chi connectivity index (χ2v) is 12.3. The second-order valence-electron chi connectivity index (χ2n) is 9.43. The second kappa shape index (κ2) is 12.2. The quantitative estimate of drug-likeness (QED) is 0.456. The van der Waals surface area contributed by atoms with Crippen molar-refractivity contribution in [3.8, 4) is 0 Å². The molecule has 37 heavy (non-hydrogen) atoms. The molecule has 200 valence electrons. The van der Waals surface area contributed by atoms with E-state index in [9.17, 15) is 22.8 Å². The number of hydrogen-bond acceptors (Lipinski definition) is 6. The van der Waals surface area contributed by atoms with E-state index in [4.69, 9.17) is 16.3 Å². The minimum Gasteiger partial charge on any atom is -0.381 e. The predicted octanol–water partition coefficient (Wildman–Crippen LogP) is 2.65. The molecule has 0 spiro atoms. The van der Waals surface area contributed by atoms with Crippen LogP contribution in [0.15, 0.2) is 41.2 Å². The topological polar surface area (TPSA) is 115 Å². The Labute approximate surface area is 221 Å². The number of nitrogens with one attached hydrogen (secondary N) is 1. The van der Waals surface area contributed by atoms with Crippen molar-refractivity contribution in [1.82, 2.24) is 14.8 Å². The van der Waals surface area contributed by atoms with Crippen molar-refractivity contribution < 1.29 is 22.7 Å². The molecule has 0 unspecified atom stereocenters. The number of carbonyl (C=O) groups excluding carboxylic acids is 2. The van der Waals surface area contributed by atoms with Crippen LogP contribution in [0.3, 0.4) is 0 Å². The van der Waals surface area contributed by atoms with Gasteiger partial charge in [0, 0.05) is 44.4 Å². The Kier molecular flexibility index (Phi) is 9.04. The summed E-state index contributed by atoms with van der Waals surface area (Å²) in [5.41, 5.74) is 0.609. The summed E-state index contributed by atoms with van der Waals surface area (Å²) in [6.45, 7) is 2.41. The highest BCUT2D eigenvalue weighted by Crippen LogP contribution is 2.18. The average molecular weight is 550 g/mol. The van der Waals surface area contributed by atoms with Gasteiger partial charge in [0.15, 0.2) is 9.84 Å². The van der Waals surface area contributed by atoms with Crippen LogP contribution in [0.5, 0.6) is 0 Å². The maximum atomic E-state index is 13.0. The minimum atomic E-state index is -3.11. The summed E-state index contributed by atoms with van der Waals surface area (Å²) >= 11 is 5.88. The van der Waals surface area contributed by atoms with E-state index in [2.05, 4.69) is 5.32 Å². The Balaban J connectivity index is 1.27. The van der Waals surface area contributed by atoms with Gasteiger partial charge in [-0.25, -0.2) is 8.42 Å². The van der Waals surface area contributed by atoms with Gasteiger partial charge in [0.1, 0.15) is 11.3 Å². The number of nitrogens with zero attached hydrogens (tertiary/aromatic N) is 2. The molecular formula is C26H32ClN3O6S. The Morgan fingerprint density at radius 3 is 2.46 bits per heavy atom. The van der Waals surface area contributed by atoms with Crippen LogP contribution in [-0.2, 0) is 27.7 Å². The zero-order valence-electron chi connectivity index (χ0n) is 20.7. The van der Waals surface area contributed by atoms with E-state index in [1.165, 1.54) is 16.7 Å². The summed E-state index contributed by atoms with van der Waals surface area (Å²) in [6, 6.07) is 9.95. The molecule has 1 aromatic carbocycles. The van der Waals surface area contributed by atoms with Gasteiger partial charge < -0.3 is 19.5 Å². The minimum absolute atomic E-state index is 0.00954. The molecule has 1 aromatic heterocycles. The summed E-state index contributed by atoms with van der Waals surface area (Å²) in [7, 11) is -3.11. The Bertz CT molecular complexity index is 1290. The number of rotatable bonds is 10. The van der Waals surface area contributed by atoms with E-state index in [1.54, 1.807) is 29.2 Å². The molecule has 1 N–H and O–H groups in total. The summed E-state index contributed by atoms with van der Waals surface area (Å²) in [6.07, 6.45) is 3.08. The summed E-state index contributed by atoms with van der Waals surface area (Å²) in [5, 5.41) is 3.03. The van der Waals surface area contributed by atoms with E-state index < -0.39 is 21.3 Å². The smallest absolute Gasteiger partial charge is 0.270 e. The number of carbonyl (C=O) groups is 2. The number of aromatic nitrogens is 1. The SMILES string of the molecule is O=C(NCc1ccc(Cl)cc1)c1ccc2n(c1=O)CCN(CCCCCS(=O)(=O)C1CCOCC1)C2=O. The maximum absolute atomic E-state index is 13.0. The van der Waals surface area contributed by atoms with Crippen LogP contribution < -0.4 is 10.9 Å². The average Bonchev–Trinajstić information content (AvgIpc) is 2.90. The predicted molar refractivity (Wildman–Crippen MR) is 141 cm³/mol. The van der Waals surface area contributed by atoms with Crippen molar-refractivity contribution in [2.45, 2.75) is 50.4 Å². The fourth-order valence-electron chi connectivity index (χ4n) is 4.72. The van der Waals surface area contributed by atoms with Crippen LogP contribution in [0, 0.1) is 0 Å². The van der Waals surface area contributed by atoms with Crippen LogP contribution in [0.1, 0.15) is 58.5 Å². The third-order valence-electron chi connectivity index (χ3n) is 6.92. The lowest BCUT2D eigenvalue weighted by atomic mass is 10.1. The van der Waals surface area contributed by atoms with E-state index in [-0.39, 0.29) is 34.7 Å². The van der Waals surface area contributed by atoms with Crippen molar-refractivity contribution in [3.63, 3.8) is 0 Å². The van der Waals surface area contributed by atoms with E-state index in [0.29, 0.717) is 70.0 Å². The van der Waals surface area contributed by atoms with E-state index in [0.717, 1.165) is 5.56 Å². The van der Waals surface area contributed by atoms with Gasteiger partial charge in [-0.3, -0.25) is 14.4 Å². The first kappa shape index (κ1) is 27.3. The molecule has 2 amide bonds. The highest BCUT2D eigenvalue weighted by molar-refractivity contribution is 7.92. The molecule has 0 aliphatic carbocycles. The molecule has 4 rings (SSSR count). The van der Waals surface area contributed by atoms with Crippen molar-refractivity contribution in [2.24, 2.45) is 0 Å². The largest absolute Gasteiger partial charge is 0.381 e. The first-order valence-electron chi connectivity index (χ1n) is 12.6. The number of sulfone groups is 1. The number of ether oxygens (including phenoxy) is 1. The lowest BCUT2D eigenvalue weighted by molar-refractivity contribution is 0.0695. The molecule has 0 radical (unpaired) electrons. The highest BCUT2D eigenvalue weighted by Gasteiger charge is 2.28. The van der Waals surface area contributed by atoms with E-state index >= 15 is 0 Å². The molecule has 1 fully saturated rings. The van der Waals surface area contributed by atoms with E-state index in [1.807, 2.05) is 0 Å². The van der Waals surface area contributed by atoms with Gasteiger partial charge in [-0.2, -0.15) is 0 Å². The Hall–Kier alpha value is -2.69. The lowest BCUT2D eigenvalue weighted by Crippen LogP contribution is -2.46. The van der Waals surface area contributed by atoms with Gasteiger partial charge in [0.25, 0.3) is 17.4 Å². The molecule has 2 aliphatic heterocycles. The molecule has 0 saturated carbocycles. The zero-order valence-corrected chi connectivity index (χ0v) is 22.2. The number of hydrogen-bond donors (Lipinski definition) is 1. The van der Waals surface area contributed by atoms with Crippen molar-refractivity contribution in [1.29, 1.82) is 0 Å². The first-order valence-corrected chi connectivity index (χ1v) is 14.7. The Morgan fingerprint density at radius 1 is 1.00 bits per heavy atom. The van der Waals surface area contributed by atoms with Crippen molar-refractivity contribution in [3.05, 3.63) is 68.6 Å². The molecule has 0 bridgehead atoms. The fraction of sp³-hybridized carbons (Fsp3) is 0.500. The van der Waals surface area contributed by atoms with Gasteiger partial charge in [-0.15, -0.1) is 0 Å². The van der Waals surface area contributed by atoms with Crippen LogP contribution in [0.25, 0.3) is 0 Å². The van der Waals surface area contributed by atoms with Crippen LogP contribution in [0.4, 0.5) is 0 Å². The number of benzene rings is 1. The monoisotopic (exact) mass is 549 g/mol. The highest BCUT2D eigenvalue weighted by atomic mass is 35.5. The summed E-state index contributed by atoms with van der Waals surface area (Å²) in [5.74, 6) is -0.598. The molecule has 9 nitrogen and oxygen atoms in total. The third-order valence-corrected chi connectivity index (χ3v) is 9.51. The normalized spacial score (nSPS) is 16.5. The Morgan fingerprint density at radius 2 is 1.73 bits per heavy atom. The molecule has 3 heterocycles. The molecule has 11 heteroatoms. The van der Waals surface area contributed by atoms with Gasteiger partial charge in [-0.1, -0.05) is 30.2 Å². The molecule has 2 aromatic rings. The van der Waals surface area contributed by atoms with Gasteiger partial charge in [0.05, 0.1) is 11.0 Å². The number of unbranched alkanes of at least 4 members (excludes halogenated alkanes) is 2. The molecule has 2 aliphatic rings. The van der Waals surface area contributed by atoms with Crippen molar-refractivity contribution >= 4 is 33.3 Å². The third kappa shape index (κ3) is 6.80. The van der Waals surface area contributed by atoms with Gasteiger partial charge >= 0.3 is 0 Å². The molecule has 1 saturated heterocycles. The zero-order chi connectivity index (χ0) is 26.4. The molecule has 0 atom stereocenters. The standard InChI is InChI=1S/C26H32ClN3O6S/c27-20-6-4-19(5-7-20)18-28-24(31)22-8-9-23-26(33)29(13-14-30(23)25(22)32)12-2-1-3-17-37(34,35)21-10-15-36-16-11-21/h4-9,21H,1-3,10-18H2,(H,28,31). The number of fused-ring (bicyclic) bond motifs is 1. The van der Waals surface area contributed by atoms with Gasteiger partial charge in [0.2, 0.25) is 0 Å². The lowest BCUT2D eigenvalue weighted by Gasteiger charge is -2.29. The first-order chi connectivity index (χ1) is 17.8. The van der Waals surface area contributed by atoms with Crippen LogP contribution in [0.2, 0.25) is 5.02 Å². The van der Waals surface area contributed by atoms with Crippen molar-refractivity contribution in [2.75, 3.05) is 32.1 Å². The van der Waals surface area contributed by atoms with Crippen LogP contribution in [-0.4, -0.2) is 67.0 Å². The van der Waals surface area contributed by atoms with Gasteiger partial charge in [-0.05, 0) is 55.5 Å². The fourth-order valence-corrected chi connectivity index (χ4v) is 6.70. The number of pyridine rings is 1. The summed E-state index contributed by atoms with van der Waals surface area (Å²) < 4.78 is 31.6. The maximum Gasteiger partial charge on any atom is 0.270 e. The number of amides is 2. The number of halogens is 1.